The van der Waals surface area contributed by atoms with E-state index >= 15 is 0 Å². The van der Waals surface area contributed by atoms with Crippen molar-refractivity contribution in [3.63, 3.8) is 0 Å². The van der Waals surface area contributed by atoms with Crippen LogP contribution in [0.15, 0.2) is 24.5 Å². The second-order valence-corrected chi connectivity index (χ2v) is 6.21. The minimum atomic E-state index is -0.0428. The van der Waals surface area contributed by atoms with Crippen LogP contribution in [0.4, 0.5) is 5.82 Å². The third-order valence-electron chi connectivity index (χ3n) is 4.44. The Morgan fingerprint density at radius 1 is 1.08 bits per heavy atom. The van der Waals surface area contributed by atoms with E-state index in [0.29, 0.717) is 24.8 Å². The van der Waals surface area contributed by atoms with Gasteiger partial charge < -0.3 is 9.80 Å². The Balaban J connectivity index is 1.60. The van der Waals surface area contributed by atoms with Crippen LogP contribution in [0.1, 0.15) is 34.7 Å². The van der Waals surface area contributed by atoms with Crippen LogP contribution in [-0.4, -0.2) is 57.2 Å². The van der Waals surface area contributed by atoms with Gasteiger partial charge in [0.2, 0.25) is 0 Å². The molecule has 0 aliphatic carbocycles. The number of amides is 1. The predicted molar refractivity (Wildman–Crippen MR) is 90.9 cm³/mol. The Hall–Kier alpha value is -2.57. The average Bonchev–Trinajstić information content (AvgIpc) is 2.62. The van der Waals surface area contributed by atoms with Gasteiger partial charge in [-0.2, -0.15) is 5.10 Å². The molecule has 126 valence electrons. The predicted octanol–water partition coefficient (Wildman–Crippen LogP) is 1.62. The van der Waals surface area contributed by atoms with E-state index in [1.54, 1.807) is 12.4 Å². The van der Waals surface area contributed by atoms with Crippen LogP contribution in [0.25, 0.3) is 0 Å². The summed E-state index contributed by atoms with van der Waals surface area (Å²) in [6, 6.07) is 4.31. The molecule has 2 aromatic rings. The first kappa shape index (κ1) is 16.3. The number of carbonyl (C=O) groups excluding carboxylic acids is 1. The first-order valence-electron chi connectivity index (χ1n) is 8.15. The summed E-state index contributed by atoms with van der Waals surface area (Å²) in [5.74, 6) is 0.827. The third-order valence-corrected chi connectivity index (χ3v) is 4.44. The molecule has 0 N–H and O–H groups in total. The lowest BCUT2D eigenvalue weighted by Crippen LogP contribution is -2.46. The van der Waals surface area contributed by atoms with Gasteiger partial charge >= 0.3 is 0 Å². The van der Waals surface area contributed by atoms with Crippen molar-refractivity contribution in [2.45, 2.75) is 32.7 Å². The number of piperidine rings is 1. The maximum atomic E-state index is 12.5. The topological polar surface area (TPSA) is 75.1 Å². The van der Waals surface area contributed by atoms with E-state index in [9.17, 15) is 4.79 Å². The van der Waals surface area contributed by atoms with Crippen molar-refractivity contribution in [3.05, 3.63) is 41.6 Å². The minimum Gasteiger partial charge on any atom is -0.355 e. The second kappa shape index (κ2) is 6.90. The first-order chi connectivity index (χ1) is 11.5. The molecular formula is C17H22N6O. The van der Waals surface area contributed by atoms with Crippen molar-refractivity contribution in [2.24, 2.45) is 0 Å². The van der Waals surface area contributed by atoms with Gasteiger partial charge in [-0.15, -0.1) is 5.10 Å². The fourth-order valence-corrected chi connectivity index (χ4v) is 2.89. The fraction of sp³-hybridized carbons (Fsp3) is 0.471. The lowest BCUT2D eigenvalue weighted by molar-refractivity contribution is 0.0706. The van der Waals surface area contributed by atoms with Crippen molar-refractivity contribution in [3.8, 4) is 0 Å². The molecule has 2 aromatic heterocycles. The molecule has 0 unspecified atom stereocenters. The summed E-state index contributed by atoms with van der Waals surface area (Å²) in [5, 5.41) is 8.35. The van der Waals surface area contributed by atoms with Gasteiger partial charge in [0.05, 0.1) is 17.6 Å². The van der Waals surface area contributed by atoms with Gasteiger partial charge in [-0.05, 0) is 38.8 Å². The zero-order valence-corrected chi connectivity index (χ0v) is 14.3. The number of aromatic nitrogens is 4. The normalized spacial score (nSPS) is 15.4. The summed E-state index contributed by atoms with van der Waals surface area (Å²) in [7, 11) is 2.03. The molecule has 0 spiro atoms. The van der Waals surface area contributed by atoms with Crippen LogP contribution in [0.5, 0.6) is 0 Å². The van der Waals surface area contributed by atoms with Crippen molar-refractivity contribution >= 4 is 11.7 Å². The van der Waals surface area contributed by atoms with E-state index in [-0.39, 0.29) is 5.91 Å². The van der Waals surface area contributed by atoms with E-state index in [4.69, 9.17) is 0 Å². The van der Waals surface area contributed by atoms with Crippen LogP contribution in [0, 0.1) is 13.8 Å². The average molecular weight is 326 g/mol. The zero-order chi connectivity index (χ0) is 17.1. The number of hydrogen-bond donors (Lipinski definition) is 0. The van der Waals surface area contributed by atoms with Crippen molar-refractivity contribution < 1.29 is 4.79 Å². The van der Waals surface area contributed by atoms with E-state index in [0.717, 1.165) is 30.0 Å². The highest BCUT2D eigenvalue weighted by Gasteiger charge is 2.27. The van der Waals surface area contributed by atoms with Crippen molar-refractivity contribution in [2.75, 3.05) is 25.0 Å². The van der Waals surface area contributed by atoms with Gasteiger partial charge in [0.15, 0.2) is 5.82 Å². The smallest absolute Gasteiger partial charge is 0.274 e. The number of hydrogen-bond acceptors (Lipinski definition) is 6. The van der Waals surface area contributed by atoms with Gasteiger partial charge in [-0.1, -0.05) is 0 Å². The summed E-state index contributed by atoms with van der Waals surface area (Å²) >= 11 is 0. The summed E-state index contributed by atoms with van der Waals surface area (Å²) in [5.41, 5.74) is 2.13. The molecule has 1 saturated heterocycles. The van der Waals surface area contributed by atoms with Crippen LogP contribution in [0.2, 0.25) is 0 Å². The maximum absolute atomic E-state index is 12.5. The maximum Gasteiger partial charge on any atom is 0.274 e. The quantitative estimate of drug-likeness (QED) is 0.853. The van der Waals surface area contributed by atoms with Gasteiger partial charge in [-0.25, -0.2) is 4.98 Å². The molecule has 7 heteroatoms. The Kier molecular flexibility index (Phi) is 4.69. The molecule has 7 nitrogen and oxygen atoms in total. The van der Waals surface area contributed by atoms with E-state index < -0.39 is 0 Å². The Morgan fingerprint density at radius 3 is 2.42 bits per heavy atom. The molecular weight excluding hydrogens is 304 g/mol. The van der Waals surface area contributed by atoms with E-state index in [1.807, 2.05) is 37.9 Å². The van der Waals surface area contributed by atoms with Gasteiger partial charge in [0, 0.05) is 32.4 Å². The van der Waals surface area contributed by atoms with E-state index in [1.165, 1.54) is 0 Å². The highest BCUT2D eigenvalue weighted by atomic mass is 16.2. The SMILES string of the molecule is Cc1cnc(C(=O)N2CCC(N(C)c3ccc(C)nn3)CC2)cn1. The number of carbonyl (C=O) groups is 1. The van der Waals surface area contributed by atoms with Gasteiger partial charge in [0.1, 0.15) is 5.69 Å². The molecule has 1 aliphatic rings. The summed E-state index contributed by atoms with van der Waals surface area (Å²) in [6.45, 7) is 5.21. The van der Waals surface area contributed by atoms with E-state index in [2.05, 4.69) is 25.1 Å². The van der Waals surface area contributed by atoms with Gasteiger partial charge in [0.25, 0.3) is 5.91 Å². The Bertz CT molecular complexity index is 692. The van der Waals surface area contributed by atoms with Crippen LogP contribution in [-0.2, 0) is 0 Å². The molecule has 3 heterocycles. The number of nitrogens with zero attached hydrogens (tertiary/aromatic N) is 6. The van der Waals surface area contributed by atoms with Crippen LogP contribution in [0.3, 0.4) is 0 Å². The number of likely N-dealkylation sites (tertiary alicyclic amines) is 1. The molecule has 3 rings (SSSR count). The molecule has 1 aliphatic heterocycles. The van der Waals surface area contributed by atoms with Crippen molar-refractivity contribution in [1.82, 2.24) is 25.1 Å². The highest BCUT2D eigenvalue weighted by molar-refractivity contribution is 5.92. The van der Waals surface area contributed by atoms with Crippen LogP contribution < -0.4 is 4.90 Å². The summed E-state index contributed by atoms with van der Waals surface area (Å²) in [4.78, 5) is 24.8. The Morgan fingerprint density at radius 2 is 1.83 bits per heavy atom. The lowest BCUT2D eigenvalue weighted by atomic mass is 10.0. The number of rotatable bonds is 3. The fourth-order valence-electron chi connectivity index (χ4n) is 2.89. The third kappa shape index (κ3) is 3.50. The Labute approximate surface area is 141 Å². The van der Waals surface area contributed by atoms with Crippen molar-refractivity contribution in [1.29, 1.82) is 0 Å². The largest absolute Gasteiger partial charge is 0.355 e. The number of aryl methyl sites for hydroxylation is 2. The molecule has 24 heavy (non-hydrogen) atoms. The number of anilines is 1. The molecule has 0 radical (unpaired) electrons. The summed E-state index contributed by atoms with van der Waals surface area (Å²) < 4.78 is 0. The monoisotopic (exact) mass is 326 g/mol. The molecule has 0 bridgehead atoms. The van der Waals surface area contributed by atoms with Gasteiger partial charge in [-0.3, -0.25) is 9.78 Å². The van der Waals surface area contributed by atoms with Crippen LogP contribution >= 0.6 is 0 Å². The summed E-state index contributed by atoms with van der Waals surface area (Å²) in [6.07, 6.45) is 4.98. The molecule has 1 amide bonds. The molecule has 0 saturated carbocycles. The highest BCUT2D eigenvalue weighted by Crippen LogP contribution is 2.21. The lowest BCUT2D eigenvalue weighted by Gasteiger charge is -2.37. The second-order valence-electron chi connectivity index (χ2n) is 6.21. The minimum absolute atomic E-state index is 0.0428. The zero-order valence-electron chi connectivity index (χ0n) is 14.3. The molecule has 1 fully saturated rings. The first-order valence-corrected chi connectivity index (χ1v) is 8.15. The molecule has 0 aromatic carbocycles. The molecule has 0 atom stereocenters. The standard InChI is InChI=1S/C17H22N6O/c1-12-4-5-16(21-20-12)22(3)14-6-8-23(9-7-14)17(24)15-11-18-13(2)10-19-15/h4-5,10-11,14H,6-9H2,1-3H3.